The van der Waals surface area contributed by atoms with E-state index in [1.54, 1.807) is 11.1 Å². The highest BCUT2D eigenvalue weighted by Gasteiger charge is 2.50. The molecule has 6 nitrogen and oxygen atoms in total. The number of esters is 1. The molecule has 0 bridgehead atoms. The third-order valence-electron chi connectivity index (χ3n) is 4.34. The number of H-pyrrole nitrogens is 1. The average molecular weight is 263 g/mol. The zero-order valence-corrected chi connectivity index (χ0v) is 10.8. The summed E-state index contributed by atoms with van der Waals surface area (Å²) >= 11 is 0. The molecular weight excluding hydrogens is 246 g/mol. The van der Waals surface area contributed by atoms with Crippen molar-refractivity contribution in [2.45, 2.75) is 25.3 Å². The van der Waals surface area contributed by atoms with Gasteiger partial charge in [-0.1, -0.05) is 6.42 Å². The van der Waals surface area contributed by atoms with Gasteiger partial charge in [0.05, 0.1) is 18.9 Å². The molecule has 19 heavy (non-hydrogen) atoms. The number of aromatic nitrogens is 2. The Morgan fingerprint density at radius 1 is 1.47 bits per heavy atom. The average Bonchev–Trinajstić information content (AvgIpc) is 3.12. The Labute approximate surface area is 111 Å². The van der Waals surface area contributed by atoms with Crippen molar-refractivity contribution in [2.75, 3.05) is 13.7 Å². The van der Waals surface area contributed by atoms with Crippen LogP contribution in [0.4, 0.5) is 0 Å². The molecule has 1 N–H and O–H groups in total. The molecule has 1 saturated heterocycles. The van der Waals surface area contributed by atoms with Gasteiger partial charge in [-0.3, -0.25) is 9.89 Å². The van der Waals surface area contributed by atoms with Crippen molar-refractivity contribution in [3.05, 3.63) is 18.0 Å². The second-order valence-electron chi connectivity index (χ2n) is 5.27. The van der Waals surface area contributed by atoms with E-state index in [2.05, 4.69) is 10.2 Å². The molecular formula is C13H17N3O3. The first-order valence-electron chi connectivity index (χ1n) is 6.60. The topological polar surface area (TPSA) is 75.3 Å². The van der Waals surface area contributed by atoms with Gasteiger partial charge in [0.15, 0.2) is 0 Å². The summed E-state index contributed by atoms with van der Waals surface area (Å²) in [6.45, 7) is 0.647. The second kappa shape index (κ2) is 4.68. The summed E-state index contributed by atoms with van der Waals surface area (Å²) < 4.78 is 4.88. The van der Waals surface area contributed by atoms with Crippen LogP contribution in [0.25, 0.3) is 0 Å². The molecule has 1 aliphatic carbocycles. The van der Waals surface area contributed by atoms with E-state index in [-0.39, 0.29) is 17.8 Å². The van der Waals surface area contributed by atoms with Gasteiger partial charge in [0.25, 0.3) is 5.91 Å². The third kappa shape index (κ3) is 1.91. The van der Waals surface area contributed by atoms with Crippen LogP contribution in [0, 0.1) is 11.8 Å². The molecule has 1 aromatic heterocycles. The van der Waals surface area contributed by atoms with Crippen LogP contribution in [0.15, 0.2) is 12.4 Å². The summed E-state index contributed by atoms with van der Waals surface area (Å²) in [6.07, 6.45) is 6.28. The number of likely N-dealkylation sites (tertiary alicyclic amines) is 1. The van der Waals surface area contributed by atoms with Gasteiger partial charge in [-0.15, -0.1) is 0 Å². The number of rotatable bonds is 2. The van der Waals surface area contributed by atoms with E-state index in [1.165, 1.54) is 13.3 Å². The lowest BCUT2D eigenvalue weighted by molar-refractivity contribution is -0.146. The summed E-state index contributed by atoms with van der Waals surface area (Å²) in [5.74, 6) is 0.244. The lowest BCUT2D eigenvalue weighted by Crippen LogP contribution is -2.43. The smallest absolute Gasteiger partial charge is 0.328 e. The summed E-state index contributed by atoms with van der Waals surface area (Å²) in [5, 5.41) is 6.42. The van der Waals surface area contributed by atoms with E-state index in [1.807, 2.05) is 0 Å². The van der Waals surface area contributed by atoms with Gasteiger partial charge in [-0.05, 0) is 24.7 Å². The summed E-state index contributed by atoms with van der Waals surface area (Å²) in [5.41, 5.74) is 0.494. The minimum Gasteiger partial charge on any atom is -0.467 e. The number of nitrogens with zero attached hydrogens (tertiary/aromatic N) is 2. The van der Waals surface area contributed by atoms with Crippen molar-refractivity contribution in [3.63, 3.8) is 0 Å². The number of hydrogen-bond donors (Lipinski definition) is 1. The zero-order valence-electron chi connectivity index (χ0n) is 10.8. The standard InChI is InChI=1S/C13H17N3O3/c1-19-13(18)11-10-4-2-3-8(10)7-16(11)12(17)9-5-14-15-6-9/h5-6,8,10-11H,2-4,7H2,1H3,(H,14,15)/t8-,10+,11-/m0/s1. The van der Waals surface area contributed by atoms with Crippen molar-refractivity contribution < 1.29 is 14.3 Å². The highest BCUT2D eigenvalue weighted by Crippen LogP contribution is 2.42. The number of methoxy groups -OCH3 is 1. The van der Waals surface area contributed by atoms with Crippen molar-refractivity contribution in [1.29, 1.82) is 0 Å². The Balaban J connectivity index is 1.87. The first-order valence-corrected chi connectivity index (χ1v) is 6.60. The molecule has 1 saturated carbocycles. The fourth-order valence-electron chi connectivity index (χ4n) is 3.47. The molecule has 2 aliphatic rings. The SMILES string of the molecule is COC(=O)[C@@H]1[C@@H]2CCC[C@H]2CN1C(=O)c1cn[nH]c1. The highest BCUT2D eigenvalue weighted by molar-refractivity contribution is 5.97. The molecule has 2 fully saturated rings. The number of aromatic amines is 1. The molecule has 3 rings (SSSR count). The van der Waals surface area contributed by atoms with Crippen LogP contribution in [-0.2, 0) is 9.53 Å². The molecule has 0 radical (unpaired) electrons. The third-order valence-corrected chi connectivity index (χ3v) is 4.34. The summed E-state index contributed by atoms with van der Waals surface area (Å²) in [7, 11) is 1.38. The fraction of sp³-hybridized carbons (Fsp3) is 0.615. The van der Waals surface area contributed by atoms with Crippen molar-refractivity contribution in [2.24, 2.45) is 11.8 Å². The second-order valence-corrected chi connectivity index (χ2v) is 5.27. The molecule has 102 valence electrons. The first kappa shape index (κ1) is 12.2. The quantitative estimate of drug-likeness (QED) is 0.802. The van der Waals surface area contributed by atoms with Crippen molar-refractivity contribution >= 4 is 11.9 Å². The highest BCUT2D eigenvalue weighted by atomic mass is 16.5. The van der Waals surface area contributed by atoms with Crippen LogP contribution in [-0.4, -0.2) is 46.7 Å². The molecule has 2 heterocycles. The molecule has 1 aromatic rings. The maximum Gasteiger partial charge on any atom is 0.328 e. The van der Waals surface area contributed by atoms with Gasteiger partial charge in [0.2, 0.25) is 0 Å². The molecule has 3 atom stereocenters. The minimum atomic E-state index is -0.431. The molecule has 1 amide bonds. The lowest BCUT2D eigenvalue weighted by atomic mass is 9.94. The van der Waals surface area contributed by atoms with Gasteiger partial charge in [0.1, 0.15) is 6.04 Å². The first-order chi connectivity index (χ1) is 9.22. The zero-order chi connectivity index (χ0) is 13.4. The number of carbonyl (C=O) groups is 2. The molecule has 0 unspecified atom stereocenters. The number of ether oxygens (including phenoxy) is 1. The normalized spacial score (nSPS) is 29.3. The van der Waals surface area contributed by atoms with Gasteiger partial charge < -0.3 is 9.64 Å². The Morgan fingerprint density at radius 2 is 2.32 bits per heavy atom. The van der Waals surface area contributed by atoms with Crippen LogP contribution in [0.5, 0.6) is 0 Å². The number of amides is 1. The van der Waals surface area contributed by atoms with Gasteiger partial charge in [-0.2, -0.15) is 5.10 Å². The number of carbonyl (C=O) groups excluding carboxylic acids is 2. The number of nitrogens with one attached hydrogen (secondary N) is 1. The van der Waals surface area contributed by atoms with E-state index in [4.69, 9.17) is 4.74 Å². The largest absolute Gasteiger partial charge is 0.467 e. The predicted octanol–water partition coefficient (Wildman–Crippen LogP) is 0.823. The van der Waals surface area contributed by atoms with Gasteiger partial charge in [-0.25, -0.2) is 4.79 Å². The molecule has 6 heteroatoms. The van der Waals surface area contributed by atoms with E-state index in [9.17, 15) is 9.59 Å². The van der Waals surface area contributed by atoms with Gasteiger partial charge >= 0.3 is 5.97 Å². The van der Waals surface area contributed by atoms with Crippen LogP contribution in [0.2, 0.25) is 0 Å². The maximum absolute atomic E-state index is 12.4. The Hall–Kier alpha value is -1.85. The maximum atomic E-state index is 12.4. The lowest BCUT2D eigenvalue weighted by Gasteiger charge is -2.25. The van der Waals surface area contributed by atoms with E-state index < -0.39 is 6.04 Å². The van der Waals surface area contributed by atoms with Crippen molar-refractivity contribution in [3.8, 4) is 0 Å². The van der Waals surface area contributed by atoms with Crippen LogP contribution in [0.3, 0.4) is 0 Å². The van der Waals surface area contributed by atoms with E-state index in [0.717, 1.165) is 19.3 Å². The fourth-order valence-corrected chi connectivity index (χ4v) is 3.47. The molecule has 0 aromatic carbocycles. The monoisotopic (exact) mass is 263 g/mol. The number of fused-ring (bicyclic) bond motifs is 1. The minimum absolute atomic E-state index is 0.140. The molecule has 0 spiro atoms. The van der Waals surface area contributed by atoms with Crippen LogP contribution in [0.1, 0.15) is 29.6 Å². The van der Waals surface area contributed by atoms with Crippen molar-refractivity contribution in [1.82, 2.24) is 15.1 Å². The van der Waals surface area contributed by atoms with E-state index in [0.29, 0.717) is 18.0 Å². The Kier molecular flexibility index (Phi) is 3.00. The summed E-state index contributed by atoms with van der Waals surface area (Å²) in [6, 6.07) is -0.431. The van der Waals surface area contributed by atoms with Crippen LogP contribution >= 0.6 is 0 Å². The molecule has 1 aliphatic heterocycles. The van der Waals surface area contributed by atoms with Gasteiger partial charge in [0, 0.05) is 12.7 Å². The Morgan fingerprint density at radius 3 is 3.00 bits per heavy atom. The Bertz CT molecular complexity index is 485. The predicted molar refractivity (Wildman–Crippen MR) is 66.3 cm³/mol. The number of hydrogen-bond acceptors (Lipinski definition) is 4. The van der Waals surface area contributed by atoms with E-state index >= 15 is 0 Å². The van der Waals surface area contributed by atoms with Crippen LogP contribution < -0.4 is 0 Å². The summed E-state index contributed by atoms with van der Waals surface area (Å²) in [4.78, 5) is 26.1.